The molecule has 0 fully saturated rings. The van der Waals surface area contributed by atoms with Crippen molar-refractivity contribution < 1.29 is 13.7 Å². The Labute approximate surface area is 192 Å². The number of aryl methyl sites for hydroxylation is 2. The van der Waals surface area contributed by atoms with Crippen LogP contribution in [0.25, 0.3) is 21.0 Å². The van der Waals surface area contributed by atoms with E-state index in [-0.39, 0.29) is 11.8 Å². The minimum absolute atomic E-state index is 0.314. The maximum atomic E-state index is 13.6. The van der Waals surface area contributed by atoms with E-state index in [1.54, 1.807) is 37.3 Å². The number of fused-ring (bicyclic) bond motifs is 3. The summed E-state index contributed by atoms with van der Waals surface area (Å²) in [5.41, 5.74) is 3.51. The Morgan fingerprint density at radius 3 is 2.79 bits per heavy atom. The third-order valence-corrected chi connectivity index (χ3v) is 6.22. The molecule has 3 N–H and O–H groups in total. The summed E-state index contributed by atoms with van der Waals surface area (Å²) in [6.45, 7) is 3.83. The van der Waals surface area contributed by atoms with Gasteiger partial charge in [0, 0.05) is 27.7 Å². The molecule has 2 amide bonds. The molecule has 33 heavy (non-hydrogen) atoms. The van der Waals surface area contributed by atoms with Crippen LogP contribution in [0.2, 0.25) is 0 Å². The molecule has 0 radical (unpaired) electrons. The summed E-state index contributed by atoms with van der Waals surface area (Å²) >= 11 is 1.62. The molecule has 0 bridgehead atoms. The molecular formula is C24H20FN5O2S. The Hall–Kier alpha value is -3.98. The van der Waals surface area contributed by atoms with Gasteiger partial charge >= 0.3 is 6.03 Å². The number of aromatic nitrogens is 2. The lowest BCUT2D eigenvalue weighted by Gasteiger charge is -2.11. The second kappa shape index (κ2) is 8.51. The predicted octanol–water partition coefficient (Wildman–Crippen LogP) is 6.26. The number of nitrogens with zero attached hydrogens (tertiary/aromatic N) is 2. The first-order valence-corrected chi connectivity index (χ1v) is 11.2. The van der Waals surface area contributed by atoms with E-state index in [1.807, 2.05) is 29.6 Å². The van der Waals surface area contributed by atoms with Crippen molar-refractivity contribution in [2.75, 3.05) is 10.6 Å². The van der Waals surface area contributed by atoms with E-state index in [4.69, 9.17) is 9.51 Å². The summed E-state index contributed by atoms with van der Waals surface area (Å²) in [6, 6.07) is 13.9. The van der Waals surface area contributed by atoms with Gasteiger partial charge in [0.2, 0.25) is 0 Å². The standard InChI is InChI=1S/C24H20FN5O2S/c1-13-21(14(2)32-30-13)29-24(31)26-12-15-6-7-18-20(10-15)28-23(19-8-9-33-22(18)19)27-17-5-3-4-16(25)11-17/h3-11H,12H2,1-2H3,(H,27,28)(H2,26,29,31). The average molecular weight is 462 g/mol. The summed E-state index contributed by atoms with van der Waals surface area (Å²) in [5, 5.41) is 16.7. The van der Waals surface area contributed by atoms with Gasteiger partial charge in [-0.2, -0.15) is 0 Å². The summed E-state index contributed by atoms with van der Waals surface area (Å²) in [5.74, 6) is 0.895. The number of carbonyl (C=O) groups is 1. The van der Waals surface area contributed by atoms with Crippen LogP contribution in [0.1, 0.15) is 17.0 Å². The zero-order valence-corrected chi connectivity index (χ0v) is 18.7. The predicted molar refractivity (Wildman–Crippen MR) is 129 cm³/mol. The molecule has 0 aliphatic rings. The molecule has 0 atom stereocenters. The second-order valence-electron chi connectivity index (χ2n) is 7.62. The number of carbonyl (C=O) groups excluding carboxylic acids is 1. The summed E-state index contributed by atoms with van der Waals surface area (Å²) in [4.78, 5) is 17.1. The van der Waals surface area contributed by atoms with Gasteiger partial charge in [-0.25, -0.2) is 14.2 Å². The molecule has 3 aromatic heterocycles. The van der Waals surface area contributed by atoms with Gasteiger partial charge in [0.05, 0.1) is 5.52 Å². The van der Waals surface area contributed by atoms with Crippen LogP contribution >= 0.6 is 11.3 Å². The summed E-state index contributed by atoms with van der Waals surface area (Å²) in [6.07, 6.45) is 0. The fourth-order valence-electron chi connectivity index (χ4n) is 3.66. The van der Waals surface area contributed by atoms with Gasteiger partial charge in [0.15, 0.2) is 5.76 Å². The Bertz CT molecular complexity index is 1470. The van der Waals surface area contributed by atoms with Gasteiger partial charge in [0.1, 0.15) is 23.0 Å². The molecule has 0 aliphatic heterocycles. The van der Waals surface area contributed by atoms with Crippen molar-refractivity contribution in [2.24, 2.45) is 0 Å². The molecule has 9 heteroatoms. The monoisotopic (exact) mass is 461 g/mol. The lowest BCUT2D eigenvalue weighted by atomic mass is 10.1. The highest BCUT2D eigenvalue weighted by molar-refractivity contribution is 7.18. The molecule has 0 saturated heterocycles. The maximum Gasteiger partial charge on any atom is 0.319 e. The first kappa shape index (κ1) is 20.9. The van der Waals surface area contributed by atoms with Gasteiger partial charge in [-0.15, -0.1) is 11.3 Å². The third-order valence-electron chi connectivity index (χ3n) is 5.27. The van der Waals surface area contributed by atoms with Crippen LogP contribution in [0.15, 0.2) is 58.4 Å². The number of nitrogens with one attached hydrogen (secondary N) is 3. The molecule has 2 aromatic carbocycles. The molecule has 0 unspecified atom stereocenters. The minimum atomic E-state index is -0.348. The average Bonchev–Trinajstić information content (AvgIpc) is 3.41. The van der Waals surface area contributed by atoms with Gasteiger partial charge in [-0.1, -0.05) is 23.4 Å². The van der Waals surface area contributed by atoms with Gasteiger partial charge in [-0.3, -0.25) is 0 Å². The Morgan fingerprint density at radius 2 is 2.00 bits per heavy atom. The SMILES string of the molecule is Cc1noc(C)c1NC(=O)NCc1ccc2c(c1)nc(Nc1cccc(F)c1)c1ccsc12. The van der Waals surface area contributed by atoms with Gasteiger partial charge in [-0.05, 0) is 55.1 Å². The van der Waals surface area contributed by atoms with E-state index >= 15 is 0 Å². The van der Waals surface area contributed by atoms with Gasteiger partial charge in [0.25, 0.3) is 0 Å². The lowest BCUT2D eigenvalue weighted by Crippen LogP contribution is -2.28. The number of benzene rings is 2. The van der Waals surface area contributed by atoms with Crippen molar-refractivity contribution in [3.8, 4) is 0 Å². The summed E-state index contributed by atoms with van der Waals surface area (Å²) in [7, 11) is 0. The first-order chi connectivity index (χ1) is 16.0. The number of hydrogen-bond donors (Lipinski definition) is 3. The zero-order valence-electron chi connectivity index (χ0n) is 17.9. The zero-order chi connectivity index (χ0) is 22.9. The molecule has 0 saturated carbocycles. The number of pyridine rings is 1. The molecule has 0 aliphatic carbocycles. The van der Waals surface area contributed by atoms with Crippen molar-refractivity contribution in [1.29, 1.82) is 0 Å². The van der Waals surface area contributed by atoms with E-state index in [0.717, 1.165) is 26.6 Å². The smallest absolute Gasteiger partial charge is 0.319 e. The van der Waals surface area contributed by atoms with Crippen molar-refractivity contribution in [3.63, 3.8) is 0 Å². The molecule has 0 spiro atoms. The second-order valence-corrected chi connectivity index (χ2v) is 8.53. The Balaban J connectivity index is 1.40. The van der Waals surface area contributed by atoms with Crippen LogP contribution in [-0.2, 0) is 6.54 Å². The fourth-order valence-corrected chi connectivity index (χ4v) is 4.59. The topological polar surface area (TPSA) is 92.1 Å². The molecule has 166 valence electrons. The molecular weight excluding hydrogens is 441 g/mol. The largest absolute Gasteiger partial charge is 0.359 e. The van der Waals surface area contributed by atoms with Crippen molar-refractivity contribution in [2.45, 2.75) is 20.4 Å². The van der Waals surface area contributed by atoms with E-state index < -0.39 is 0 Å². The van der Waals surface area contributed by atoms with Crippen LogP contribution in [0.5, 0.6) is 0 Å². The van der Waals surface area contributed by atoms with Crippen LogP contribution in [-0.4, -0.2) is 16.2 Å². The number of amides is 2. The summed E-state index contributed by atoms with van der Waals surface area (Å²) < 4.78 is 19.8. The highest BCUT2D eigenvalue weighted by atomic mass is 32.1. The molecule has 5 aromatic rings. The Kier molecular flexibility index (Phi) is 5.39. The third kappa shape index (κ3) is 4.22. The maximum absolute atomic E-state index is 13.6. The number of thiophene rings is 1. The van der Waals surface area contributed by atoms with Crippen molar-refractivity contribution >= 4 is 55.5 Å². The van der Waals surface area contributed by atoms with E-state index in [2.05, 4.69) is 21.1 Å². The van der Waals surface area contributed by atoms with Crippen LogP contribution in [0, 0.1) is 19.7 Å². The Morgan fingerprint density at radius 1 is 1.12 bits per heavy atom. The van der Waals surface area contributed by atoms with Crippen molar-refractivity contribution in [1.82, 2.24) is 15.5 Å². The van der Waals surface area contributed by atoms with Crippen LogP contribution < -0.4 is 16.0 Å². The lowest BCUT2D eigenvalue weighted by molar-refractivity contribution is 0.251. The normalized spacial score (nSPS) is 11.1. The number of rotatable bonds is 5. The number of anilines is 3. The van der Waals surface area contributed by atoms with Crippen LogP contribution in [0.4, 0.5) is 26.4 Å². The van der Waals surface area contributed by atoms with E-state index in [9.17, 15) is 9.18 Å². The van der Waals surface area contributed by atoms with E-state index in [1.165, 1.54) is 12.1 Å². The highest BCUT2D eigenvalue weighted by Gasteiger charge is 2.13. The number of hydrogen-bond acceptors (Lipinski definition) is 6. The highest BCUT2D eigenvalue weighted by Crippen LogP contribution is 2.35. The number of urea groups is 1. The molecule has 5 rings (SSSR count). The molecule has 3 heterocycles. The van der Waals surface area contributed by atoms with E-state index in [0.29, 0.717) is 35.2 Å². The first-order valence-electron chi connectivity index (χ1n) is 10.3. The van der Waals surface area contributed by atoms with Gasteiger partial charge < -0.3 is 20.5 Å². The van der Waals surface area contributed by atoms with Crippen molar-refractivity contribution in [3.05, 3.63) is 76.7 Å². The number of halogens is 1. The quantitative estimate of drug-likeness (QED) is 0.287. The molecule has 7 nitrogen and oxygen atoms in total. The van der Waals surface area contributed by atoms with Crippen LogP contribution in [0.3, 0.4) is 0 Å². The fraction of sp³-hybridized carbons (Fsp3) is 0.125. The minimum Gasteiger partial charge on any atom is -0.359 e.